The van der Waals surface area contributed by atoms with Crippen LogP contribution in [0.5, 0.6) is 0 Å². The van der Waals surface area contributed by atoms with Gasteiger partial charge in [-0.3, -0.25) is 4.79 Å². The summed E-state index contributed by atoms with van der Waals surface area (Å²) in [4.78, 5) is 13.2. The molecule has 0 radical (unpaired) electrons. The van der Waals surface area contributed by atoms with Crippen LogP contribution < -0.4 is 5.43 Å². The zero-order valence-electron chi connectivity index (χ0n) is 14.8. The SMILES string of the molecule is CCSc1ccc(Cl)cc1CC(=O)N/N=C\c1ccc(C(C)C)cc1. The number of halogens is 1. The number of thioether (sulfide) groups is 1. The molecule has 0 fully saturated rings. The molecule has 2 aromatic rings. The predicted molar refractivity (Wildman–Crippen MR) is 108 cm³/mol. The third kappa shape index (κ3) is 6.22. The topological polar surface area (TPSA) is 41.5 Å². The van der Waals surface area contributed by atoms with Crippen molar-refractivity contribution in [3.05, 3.63) is 64.2 Å². The molecular formula is C20H23ClN2OS. The van der Waals surface area contributed by atoms with E-state index in [0.29, 0.717) is 10.9 Å². The van der Waals surface area contributed by atoms with Crippen molar-refractivity contribution in [1.82, 2.24) is 5.43 Å². The molecule has 0 aliphatic rings. The van der Waals surface area contributed by atoms with Crippen molar-refractivity contribution in [2.75, 3.05) is 5.75 Å². The number of benzene rings is 2. The van der Waals surface area contributed by atoms with Gasteiger partial charge in [-0.25, -0.2) is 5.43 Å². The minimum absolute atomic E-state index is 0.157. The second-order valence-corrected chi connectivity index (χ2v) is 7.72. The van der Waals surface area contributed by atoms with Crippen LogP contribution in [-0.4, -0.2) is 17.9 Å². The Morgan fingerprint density at radius 3 is 2.60 bits per heavy atom. The van der Waals surface area contributed by atoms with Gasteiger partial charge in [-0.1, -0.05) is 56.6 Å². The zero-order valence-corrected chi connectivity index (χ0v) is 16.3. The third-order valence-corrected chi connectivity index (χ3v) is 4.91. The van der Waals surface area contributed by atoms with Gasteiger partial charge in [0.2, 0.25) is 5.91 Å². The Bertz CT molecular complexity index is 742. The Morgan fingerprint density at radius 1 is 1.24 bits per heavy atom. The summed E-state index contributed by atoms with van der Waals surface area (Å²) >= 11 is 7.75. The number of amides is 1. The standard InChI is InChI=1S/C20H23ClN2OS/c1-4-25-19-10-9-18(21)11-17(19)12-20(24)23-22-13-15-5-7-16(8-6-15)14(2)3/h5-11,13-14H,4,12H2,1-3H3,(H,23,24)/b22-13-. The first-order valence-corrected chi connectivity index (χ1v) is 9.69. The molecule has 0 atom stereocenters. The van der Waals surface area contributed by atoms with E-state index < -0.39 is 0 Å². The van der Waals surface area contributed by atoms with Crippen LogP contribution in [0.4, 0.5) is 0 Å². The number of hydrogen-bond acceptors (Lipinski definition) is 3. The van der Waals surface area contributed by atoms with Crippen LogP contribution >= 0.6 is 23.4 Å². The van der Waals surface area contributed by atoms with Gasteiger partial charge in [-0.05, 0) is 46.6 Å². The van der Waals surface area contributed by atoms with Gasteiger partial charge in [0.15, 0.2) is 0 Å². The molecule has 0 aromatic heterocycles. The van der Waals surface area contributed by atoms with E-state index in [-0.39, 0.29) is 12.3 Å². The maximum atomic E-state index is 12.1. The summed E-state index contributed by atoms with van der Waals surface area (Å²) in [6, 6.07) is 13.8. The van der Waals surface area contributed by atoms with Crippen molar-refractivity contribution in [2.24, 2.45) is 5.10 Å². The van der Waals surface area contributed by atoms with E-state index in [0.717, 1.165) is 21.8 Å². The minimum atomic E-state index is -0.157. The molecule has 1 amide bonds. The summed E-state index contributed by atoms with van der Waals surface area (Å²) in [5, 5.41) is 4.68. The van der Waals surface area contributed by atoms with Gasteiger partial charge in [-0.2, -0.15) is 5.10 Å². The largest absolute Gasteiger partial charge is 0.273 e. The second-order valence-electron chi connectivity index (χ2n) is 5.98. The molecule has 1 N–H and O–H groups in total. The van der Waals surface area contributed by atoms with Crippen molar-refractivity contribution in [3.8, 4) is 0 Å². The number of carbonyl (C=O) groups excluding carboxylic acids is 1. The van der Waals surface area contributed by atoms with Crippen LogP contribution in [0.25, 0.3) is 0 Å². The molecular weight excluding hydrogens is 352 g/mol. The van der Waals surface area contributed by atoms with Gasteiger partial charge < -0.3 is 0 Å². The van der Waals surface area contributed by atoms with Crippen LogP contribution in [0.2, 0.25) is 5.02 Å². The monoisotopic (exact) mass is 374 g/mol. The first-order chi connectivity index (χ1) is 12.0. The maximum Gasteiger partial charge on any atom is 0.244 e. The van der Waals surface area contributed by atoms with Crippen LogP contribution in [0.1, 0.15) is 43.4 Å². The van der Waals surface area contributed by atoms with Crippen molar-refractivity contribution in [1.29, 1.82) is 0 Å². The number of hydrogen-bond donors (Lipinski definition) is 1. The first kappa shape index (κ1) is 19.5. The molecule has 0 heterocycles. The highest BCUT2D eigenvalue weighted by atomic mass is 35.5. The fourth-order valence-electron chi connectivity index (χ4n) is 2.34. The molecule has 0 aliphatic carbocycles. The van der Waals surface area contributed by atoms with E-state index in [2.05, 4.69) is 43.4 Å². The third-order valence-electron chi connectivity index (χ3n) is 3.68. The molecule has 2 aromatic carbocycles. The molecule has 0 aliphatic heterocycles. The normalized spacial score (nSPS) is 11.2. The van der Waals surface area contributed by atoms with Crippen molar-refractivity contribution in [2.45, 2.75) is 38.0 Å². The van der Waals surface area contributed by atoms with Crippen LogP contribution in [0.3, 0.4) is 0 Å². The summed E-state index contributed by atoms with van der Waals surface area (Å²) < 4.78 is 0. The smallest absolute Gasteiger partial charge is 0.244 e. The molecule has 0 saturated heterocycles. The maximum absolute atomic E-state index is 12.1. The zero-order chi connectivity index (χ0) is 18.2. The quantitative estimate of drug-likeness (QED) is 0.407. The van der Waals surface area contributed by atoms with Crippen LogP contribution in [0.15, 0.2) is 52.5 Å². The number of carbonyl (C=O) groups is 1. The Kier molecular flexibility index (Phi) is 7.53. The van der Waals surface area contributed by atoms with Gasteiger partial charge in [0.25, 0.3) is 0 Å². The van der Waals surface area contributed by atoms with Gasteiger partial charge in [0.05, 0.1) is 12.6 Å². The van der Waals surface area contributed by atoms with Gasteiger partial charge >= 0.3 is 0 Å². The summed E-state index contributed by atoms with van der Waals surface area (Å²) in [5.74, 6) is 1.29. The Morgan fingerprint density at radius 2 is 1.96 bits per heavy atom. The number of hydrazone groups is 1. The van der Waals surface area contributed by atoms with Crippen LogP contribution in [0, 0.1) is 0 Å². The first-order valence-electron chi connectivity index (χ1n) is 8.32. The molecule has 3 nitrogen and oxygen atoms in total. The summed E-state index contributed by atoms with van der Waals surface area (Å²) in [7, 11) is 0. The van der Waals surface area contributed by atoms with Gasteiger partial charge in [0.1, 0.15) is 0 Å². The minimum Gasteiger partial charge on any atom is -0.273 e. The Hall–Kier alpha value is -1.78. The van der Waals surface area contributed by atoms with Crippen LogP contribution in [-0.2, 0) is 11.2 Å². The molecule has 25 heavy (non-hydrogen) atoms. The number of rotatable bonds is 7. The highest BCUT2D eigenvalue weighted by molar-refractivity contribution is 7.99. The molecule has 5 heteroatoms. The average molecular weight is 375 g/mol. The molecule has 0 unspecified atom stereocenters. The Labute approximate surface area is 158 Å². The van der Waals surface area contributed by atoms with Crippen molar-refractivity contribution in [3.63, 3.8) is 0 Å². The van der Waals surface area contributed by atoms with E-state index in [1.54, 1.807) is 18.0 Å². The lowest BCUT2D eigenvalue weighted by molar-refractivity contribution is -0.120. The van der Waals surface area contributed by atoms with E-state index in [4.69, 9.17) is 11.6 Å². The summed E-state index contributed by atoms with van der Waals surface area (Å²) in [6.45, 7) is 6.40. The average Bonchev–Trinajstić information content (AvgIpc) is 2.58. The molecule has 132 valence electrons. The fraction of sp³-hybridized carbons (Fsp3) is 0.300. The van der Waals surface area contributed by atoms with Gasteiger partial charge in [0, 0.05) is 9.92 Å². The Balaban J connectivity index is 1.95. The predicted octanol–water partition coefficient (Wildman–Crippen LogP) is 5.27. The molecule has 0 spiro atoms. The molecule has 2 rings (SSSR count). The summed E-state index contributed by atoms with van der Waals surface area (Å²) in [5.41, 5.74) is 5.74. The van der Waals surface area contributed by atoms with E-state index >= 15 is 0 Å². The molecule has 0 saturated carbocycles. The second kappa shape index (κ2) is 9.64. The molecule has 0 bridgehead atoms. The highest BCUT2D eigenvalue weighted by Crippen LogP contribution is 2.26. The lowest BCUT2D eigenvalue weighted by Gasteiger charge is -2.08. The fourth-order valence-corrected chi connectivity index (χ4v) is 3.33. The van der Waals surface area contributed by atoms with E-state index in [1.807, 2.05) is 30.3 Å². The van der Waals surface area contributed by atoms with Crippen molar-refractivity contribution < 1.29 is 4.79 Å². The number of nitrogens with zero attached hydrogens (tertiary/aromatic N) is 1. The van der Waals surface area contributed by atoms with E-state index in [1.165, 1.54) is 5.56 Å². The van der Waals surface area contributed by atoms with Gasteiger partial charge in [-0.15, -0.1) is 11.8 Å². The number of nitrogens with one attached hydrogen (secondary N) is 1. The van der Waals surface area contributed by atoms with E-state index in [9.17, 15) is 4.79 Å². The lowest BCUT2D eigenvalue weighted by atomic mass is 10.0. The lowest BCUT2D eigenvalue weighted by Crippen LogP contribution is -2.20. The van der Waals surface area contributed by atoms with Crippen molar-refractivity contribution >= 4 is 35.5 Å². The highest BCUT2D eigenvalue weighted by Gasteiger charge is 2.08. The summed E-state index contributed by atoms with van der Waals surface area (Å²) in [6.07, 6.45) is 1.91.